The van der Waals surface area contributed by atoms with Gasteiger partial charge in [0.25, 0.3) is 0 Å². The van der Waals surface area contributed by atoms with Gasteiger partial charge in [-0.3, -0.25) is 0 Å². The number of rotatable bonds is 10. The van der Waals surface area contributed by atoms with E-state index in [-0.39, 0.29) is 6.10 Å². The van der Waals surface area contributed by atoms with Gasteiger partial charge < -0.3 is 9.16 Å². The molecule has 0 aliphatic carbocycles. The van der Waals surface area contributed by atoms with Crippen molar-refractivity contribution in [3.05, 3.63) is 121 Å². The van der Waals surface area contributed by atoms with E-state index in [4.69, 9.17) is 9.16 Å². The maximum absolute atomic E-state index is 6.93. The number of methoxy groups -OCH3 is 1. The lowest BCUT2D eigenvalue weighted by atomic mass is 9.99. The second kappa shape index (κ2) is 11.6. The first-order valence-corrected chi connectivity index (χ1v) is 18.1. The van der Waals surface area contributed by atoms with Gasteiger partial charge in [-0.1, -0.05) is 73.7 Å². The molecule has 0 radical (unpaired) electrons. The number of hydrogen-bond donors (Lipinski definition) is 0. The van der Waals surface area contributed by atoms with E-state index in [9.17, 15) is 0 Å². The smallest absolute Gasteiger partial charge is 0.184 e. The number of hydrogen-bond acceptors (Lipinski definition) is 2. The highest BCUT2D eigenvalue weighted by atomic mass is 31.2. The third-order valence-electron chi connectivity index (χ3n) is 6.59. The second-order valence-electron chi connectivity index (χ2n) is 10.4. The lowest BCUT2D eigenvalue weighted by molar-refractivity contribution is 0.147. The van der Waals surface area contributed by atoms with Crippen molar-refractivity contribution in [3.8, 4) is 5.75 Å². The van der Waals surface area contributed by atoms with E-state index in [1.807, 2.05) is 0 Å². The van der Waals surface area contributed by atoms with Gasteiger partial charge in [-0.15, -0.1) is 0 Å². The molecule has 0 bridgehead atoms. The third kappa shape index (κ3) is 5.98. The first kappa shape index (κ1) is 26.4. The van der Waals surface area contributed by atoms with Gasteiger partial charge in [0.2, 0.25) is 0 Å². The van der Waals surface area contributed by atoms with Crippen LogP contribution in [0.15, 0.2) is 115 Å². The summed E-state index contributed by atoms with van der Waals surface area (Å²) < 4.78 is 12.4. The van der Waals surface area contributed by atoms with Gasteiger partial charge >= 0.3 is 0 Å². The SMILES string of the molecule is COc1ccc(C(O[Si](C)(C)C)C(C)C[P+](c2ccccc2)(c2ccccc2)c2ccccc2)cc1. The van der Waals surface area contributed by atoms with Crippen molar-refractivity contribution in [2.75, 3.05) is 13.3 Å². The average Bonchev–Trinajstić information content (AvgIpc) is 2.91. The Labute approximate surface area is 218 Å². The zero-order valence-corrected chi connectivity index (χ0v) is 24.0. The number of benzene rings is 4. The normalized spacial score (nSPS) is 13.7. The lowest BCUT2D eigenvalue weighted by Gasteiger charge is -2.35. The predicted octanol–water partition coefficient (Wildman–Crippen LogP) is 7.22. The van der Waals surface area contributed by atoms with Gasteiger partial charge in [-0.25, -0.2) is 0 Å². The average molecular weight is 514 g/mol. The molecule has 4 rings (SSSR count). The van der Waals surface area contributed by atoms with E-state index < -0.39 is 15.6 Å². The van der Waals surface area contributed by atoms with Crippen LogP contribution in [0, 0.1) is 5.92 Å². The maximum atomic E-state index is 6.93. The fourth-order valence-corrected chi connectivity index (χ4v) is 10.8. The van der Waals surface area contributed by atoms with Gasteiger partial charge in [0.1, 0.15) is 28.9 Å². The van der Waals surface area contributed by atoms with Crippen molar-refractivity contribution in [1.29, 1.82) is 0 Å². The highest BCUT2D eigenvalue weighted by Crippen LogP contribution is 2.58. The molecule has 0 amide bonds. The summed E-state index contributed by atoms with van der Waals surface area (Å²) in [5.74, 6) is 1.16. The summed E-state index contributed by atoms with van der Waals surface area (Å²) in [4.78, 5) is 0. The van der Waals surface area contributed by atoms with Gasteiger partial charge in [0.05, 0.1) is 19.4 Å². The zero-order valence-electron chi connectivity index (χ0n) is 22.1. The molecule has 2 unspecified atom stereocenters. The fourth-order valence-electron chi connectivity index (χ4n) is 5.03. The minimum atomic E-state index is -1.95. The summed E-state index contributed by atoms with van der Waals surface area (Å²) in [6, 6.07) is 41.8. The van der Waals surface area contributed by atoms with Crippen LogP contribution in [0.25, 0.3) is 0 Å². The highest BCUT2D eigenvalue weighted by molar-refractivity contribution is 7.95. The van der Waals surface area contributed by atoms with E-state index in [1.54, 1.807) is 7.11 Å². The summed E-state index contributed by atoms with van der Waals surface area (Å²) in [5, 5.41) is 4.24. The Balaban J connectivity index is 1.87. The predicted molar refractivity (Wildman–Crippen MR) is 159 cm³/mol. The molecule has 0 saturated carbocycles. The molecule has 0 spiro atoms. The van der Waals surface area contributed by atoms with Crippen LogP contribution in [0.1, 0.15) is 18.6 Å². The minimum Gasteiger partial charge on any atom is -0.497 e. The second-order valence-corrected chi connectivity index (χ2v) is 18.4. The van der Waals surface area contributed by atoms with Crippen molar-refractivity contribution in [2.45, 2.75) is 32.7 Å². The van der Waals surface area contributed by atoms with Gasteiger partial charge in [-0.05, 0) is 73.7 Å². The Morgan fingerprint density at radius 2 is 1.06 bits per heavy atom. The Bertz CT molecular complexity index is 1110. The van der Waals surface area contributed by atoms with Crippen LogP contribution in [0.3, 0.4) is 0 Å². The Morgan fingerprint density at radius 1 is 0.639 bits per heavy atom. The third-order valence-corrected chi connectivity index (χ3v) is 12.2. The molecule has 0 saturated heterocycles. The van der Waals surface area contributed by atoms with Gasteiger partial charge in [0, 0.05) is 5.92 Å². The van der Waals surface area contributed by atoms with Crippen LogP contribution in [0.2, 0.25) is 19.6 Å². The lowest BCUT2D eigenvalue weighted by Crippen LogP contribution is -2.38. The molecule has 2 atom stereocenters. The molecule has 186 valence electrons. The van der Waals surface area contributed by atoms with E-state index in [0.29, 0.717) is 5.92 Å². The first-order valence-electron chi connectivity index (χ1n) is 12.7. The van der Waals surface area contributed by atoms with E-state index in [1.165, 1.54) is 21.5 Å². The molecule has 2 nitrogen and oxygen atoms in total. The molecule has 0 N–H and O–H groups in total. The monoisotopic (exact) mass is 513 g/mol. The van der Waals surface area contributed by atoms with E-state index >= 15 is 0 Å². The summed E-state index contributed by atoms with van der Waals surface area (Å²) in [6.45, 7) is 9.22. The number of ether oxygens (including phenoxy) is 1. The van der Waals surface area contributed by atoms with Gasteiger partial charge in [0.15, 0.2) is 8.32 Å². The van der Waals surface area contributed by atoms with Crippen molar-refractivity contribution < 1.29 is 9.16 Å². The van der Waals surface area contributed by atoms with Gasteiger partial charge in [-0.2, -0.15) is 0 Å². The maximum Gasteiger partial charge on any atom is 0.184 e. The van der Waals surface area contributed by atoms with Crippen LogP contribution in [0.4, 0.5) is 0 Å². The zero-order chi connectivity index (χ0) is 25.6. The van der Waals surface area contributed by atoms with Crippen molar-refractivity contribution in [2.24, 2.45) is 5.92 Å². The van der Waals surface area contributed by atoms with Crippen molar-refractivity contribution in [1.82, 2.24) is 0 Å². The molecule has 4 aromatic rings. The molecule has 36 heavy (non-hydrogen) atoms. The first-order chi connectivity index (χ1) is 17.3. The van der Waals surface area contributed by atoms with Crippen molar-refractivity contribution >= 4 is 31.5 Å². The van der Waals surface area contributed by atoms with E-state index in [2.05, 4.69) is 142 Å². The Hall–Kier alpha value is -2.71. The molecule has 0 aromatic heterocycles. The Morgan fingerprint density at radius 3 is 1.42 bits per heavy atom. The fraction of sp³-hybridized carbons (Fsp3) is 0.250. The molecule has 4 heteroatoms. The Kier molecular flexibility index (Phi) is 8.46. The molecule has 4 aromatic carbocycles. The summed E-state index contributed by atoms with van der Waals surface area (Å²) >= 11 is 0. The molecular weight excluding hydrogens is 475 g/mol. The van der Waals surface area contributed by atoms with Crippen molar-refractivity contribution in [3.63, 3.8) is 0 Å². The highest BCUT2D eigenvalue weighted by Gasteiger charge is 2.48. The summed E-state index contributed by atoms with van der Waals surface area (Å²) in [5.41, 5.74) is 1.22. The molecule has 0 fully saturated rings. The van der Waals surface area contributed by atoms with Crippen LogP contribution < -0.4 is 20.7 Å². The van der Waals surface area contributed by atoms with Crippen LogP contribution in [-0.4, -0.2) is 21.6 Å². The largest absolute Gasteiger partial charge is 0.497 e. The summed E-state index contributed by atoms with van der Waals surface area (Å²) in [6.07, 6.45) is 1.03. The molecule has 0 heterocycles. The molecule has 0 aliphatic heterocycles. The topological polar surface area (TPSA) is 18.5 Å². The molecule has 0 aliphatic rings. The van der Waals surface area contributed by atoms with Crippen LogP contribution in [0.5, 0.6) is 5.75 Å². The van der Waals surface area contributed by atoms with Crippen LogP contribution in [-0.2, 0) is 4.43 Å². The summed E-state index contributed by atoms with van der Waals surface area (Å²) in [7, 11) is -2.06. The standard InChI is InChI=1S/C32H38O2PSi/c1-26(32(34-36(3,4)5)27-21-23-28(33-2)24-22-27)25-35(29-15-9-6-10-16-29,30-17-11-7-12-18-30)31-19-13-8-14-20-31/h6-24,26,32H,25H2,1-5H3/q+1. The minimum absolute atomic E-state index is 0.0121. The quantitative estimate of drug-likeness (QED) is 0.165. The molecular formula is C32H38O2PSi+. The van der Waals surface area contributed by atoms with E-state index in [0.717, 1.165) is 11.9 Å². The van der Waals surface area contributed by atoms with Crippen LogP contribution >= 0.6 is 7.26 Å².